The molecule has 0 radical (unpaired) electrons. The molecule has 1 aliphatic heterocycles. The maximum absolute atomic E-state index is 13.2. The number of hydrogen-bond donors (Lipinski definition) is 3. The van der Waals surface area contributed by atoms with E-state index >= 15 is 0 Å². The molecule has 0 saturated carbocycles. The van der Waals surface area contributed by atoms with E-state index in [0.29, 0.717) is 80.4 Å². The summed E-state index contributed by atoms with van der Waals surface area (Å²) in [7, 11) is 4.58. The number of methoxy groups -OCH3 is 1. The number of nitrogens with zero attached hydrogens (tertiary/aromatic N) is 5. The Morgan fingerprint density at radius 3 is 2.45 bits per heavy atom. The second-order valence-electron chi connectivity index (χ2n) is 11.3. The average Bonchev–Trinajstić information content (AvgIpc) is 3.48. The summed E-state index contributed by atoms with van der Waals surface area (Å²) in [6, 6.07) is 12.8. The summed E-state index contributed by atoms with van der Waals surface area (Å²) in [5.74, 6) is 0.706. The van der Waals surface area contributed by atoms with Gasteiger partial charge in [0.1, 0.15) is 16.9 Å². The molecule has 0 unspecified atom stereocenters. The van der Waals surface area contributed by atoms with E-state index in [-0.39, 0.29) is 23.2 Å². The molecule has 3 aromatic heterocycles. The number of hydrogen-bond acceptors (Lipinski definition) is 9. The first-order valence-electron chi connectivity index (χ1n) is 14.9. The second kappa shape index (κ2) is 13.1. The van der Waals surface area contributed by atoms with Crippen molar-refractivity contribution in [2.75, 3.05) is 19.0 Å². The molecule has 0 bridgehead atoms. The Morgan fingerprint density at radius 1 is 1.00 bits per heavy atom. The van der Waals surface area contributed by atoms with Gasteiger partial charge in [0.15, 0.2) is 0 Å². The van der Waals surface area contributed by atoms with Crippen molar-refractivity contribution < 1.29 is 9.53 Å². The third-order valence-corrected chi connectivity index (χ3v) is 8.98. The van der Waals surface area contributed by atoms with Gasteiger partial charge in [-0.15, -0.1) is 0 Å². The smallest absolute Gasteiger partial charge is 0.330 e. The number of amides is 1. The third kappa shape index (κ3) is 6.19. The SMILES string of the molecule is COc1nc(-c2cccc(-c3cccc(Nc4nc(C)cc5c4c(=O)n(C)c(=O)n5C)c3Cl)c2Cl)cnc1CNC[C@H]1CCC(=O)N1. The zero-order chi connectivity index (χ0) is 33.4. The fourth-order valence-corrected chi connectivity index (χ4v) is 6.31. The molecule has 5 aromatic rings. The summed E-state index contributed by atoms with van der Waals surface area (Å²) in [6.45, 7) is 2.82. The van der Waals surface area contributed by atoms with Crippen LogP contribution in [0, 0.1) is 6.92 Å². The number of fused-ring (bicyclic) bond motifs is 1. The minimum Gasteiger partial charge on any atom is -0.480 e. The van der Waals surface area contributed by atoms with E-state index in [0.717, 1.165) is 11.0 Å². The molecule has 14 heteroatoms. The van der Waals surface area contributed by atoms with Gasteiger partial charge in [0.05, 0.1) is 40.2 Å². The first-order valence-corrected chi connectivity index (χ1v) is 15.6. The Hall–Kier alpha value is -4.78. The minimum absolute atomic E-state index is 0.0695. The lowest BCUT2D eigenvalue weighted by Gasteiger charge is -2.17. The zero-order valence-corrected chi connectivity index (χ0v) is 27.7. The number of nitrogens with one attached hydrogen (secondary N) is 3. The molecule has 4 heterocycles. The molecule has 0 spiro atoms. The van der Waals surface area contributed by atoms with Gasteiger partial charge in [-0.25, -0.2) is 14.8 Å². The fraction of sp³-hybridized carbons (Fsp3) is 0.273. The van der Waals surface area contributed by atoms with Crippen molar-refractivity contribution in [3.05, 3.63) is 90.9 Å². The Bertz CT molecular complexity index is 2160. The summed E-state index contributed by atoms with van der Waals surface area (Å²) < 4.78 is 8.02. The molecule has 12 nitrogen and oxygen atoms in total. The maximum atomic E-state index is 13.2. The summed E-state index contributed by atoms with van der Waals surface area (Å²) in [6.07, 6.45) is 2.98. The number of rotatable bonds is 9. The van der Waals surface area contributed by atoms with Gasteiger partial charge in [0.2, 0.25) is 11.8 Å². The largest absolute Gasteiger partial charge is 0.480 e. The number of carbonyl (C=O) groups excluding carboxylic acids is 1. The molecule has 1 saturated heterocycles. The van der Waals surface area contributed by atoms with Crippen molar-refractivity contribution in [3.8, 4) is 28.3 Å². The average molecular weight is 676 g/mol. The van der Waals surface area contributed by atoms with Crippen LogP contribution in [0.5, 0.6) is 5.88 Å². The van der Waals surface area contributed by atoms with E-state index in [9.17, 15) is 14.4 Å². The van der Waals surface area contributed by atoms with Crippen LogP contribution in [0.2, 0.25) is 10.0 Å². The van der Waals surface area contributed by atoms with Gasteiger partial charge in [0, 0.05) is 62.0 Å². The van der Waals surface area contributed by atoms with Crippen LogP contribution in [0.4, 0.5) is 11.5 Å². The lowest BCUT2D eigenvalue weighted by atomic mass is 10.0. The number of pyridine rings is 1. The number of aromatic nitrogens is 5. The highest BCUT2D eigenvalue weighted by Gasteiger charge is 2.22. The highest BCUT2D eigenvalue weighted by Crippen LogP contribution is 2.42. The quantitative estimate of drug-likeness (QED) is 0.206. The molecule has 1 fully saturated rings. The predicted molar refractivity (Wildman–Crippen MR) is 183 cm³/mol. The normalized spacial score (nSPS) is 14.4. The van der Waals surface area contributed by atoms with Crippen LogP contribution in [-0.2, 0) is 25.4 Å². The Morgan fingerprint density at radius 2 is 1.72 bits per heavy atom. The minimum atomic E-state index is -0.471. The lowest BCUT2D eigenvalue weighted by molar-refractivity contribution is -0.119. The topological polar surface area (TPSA) is 145 Å². The van der Waals surface area contributed by atoms with Crippen molar-refractivity contribution in [3.63, 3.8) is 0 Å². The summed E-state index contributed by atoms with van der Waals surface area (Å²) >= 11 is 14.0. The lowest BCUT2D eigenvalue weighted by Crippen LogP contribution is -2.37. The van der Waals surface area contributed by atoms with Gasteiger partial charge in [-0.2, -0.15) is 0 Å². The second-order valence-corrected chi connectivity index (χ2v) is 12.1. The van der Waals surface area contributed by atoms with Crippen molar-refractivity contribution >= 4 is 51.5 Å². The van der Waals surface area contributed by atoms with E-state index in [4.69, 9.17) is 32.9 Å². The number of benzene rings is 2. The van der Waals surface area contributed by atoms with Crippen LogP contribution in [0.1, 0.15) is 24.2 Å². The molecule has 1 atom stereocenters. The monoisotopic (exact) mass is 674 g/mol. The summed E-state index contributed by atoms with van der Waals surface area (Å²) in [5, 5.41) is 10.5. The van der Waals surface area contributed by atoms with Crippen molar-refractivity contribution in [2.45, 2.75) is 32.4 Å². The molecule has 242 valence electrons. The van der Waals surface area contributed by atoms with Gasteiger partial charge in [-0.05, 0) is 25.5 Å². The van der Waals surface area contributed by atoms with Crippen LogP contribution in [0.25, 0.3) is 33.3 Å². The molecular weight excluding hydrogens is 643 g/mol. The molecule has 1 amide bonds. The first kappa shape index (κ1) is 32.2. The van der Waals surface area contributed by atoms with Crippen LogP contribution in [-0.4, -0.2) is 49.7 Å². The van der Waals surface area contributed by atoms with Crippen LogP contribution < -0.4 is 31.9 Å². The molecule has 1 aliphatic rings. The standard InChI is InChI=1S/C33H32Cl2N8O4/c1-17-13-25-27(32(45)43(3)33(46)42(25)2)30(38-17)40-22-10-6-8-20(29(22)35)19-7-5-9-21(28(19)34)23-16-37-24(31(41-23)47-4)15-36-14-18-11-12-26(44)39-18/h5-10,13,16,18,36H,11-12,14-15H2,1-4H3,(H,38,40)(H,39,44)/t18-/m1/s1. The van der Waals surface area contributed by atoms with E-state index in [1.165, 1.54) is 18.7 Å². The maximum Gasteiger partial charge on any atom is 0.330 e. The van der Waals surface area contributed by atoms with E-state index in [1.54, 1.807) is 32.3 Å². The molecule has 47 heavy (non-hydrogen) atoms. The highest BCUT2D eigenvalue weighted by molar-refractivity contribution is 6.39. The van der Waals surface area contributed by atoms with Crippen molar-refractivity contribution in [1.82, 2.24) is 34.7 Å². The number of anilines is 2. The number of ether oxygens (including phenoxy) is 1. The number of carbonyl (C=O) groups is 1. The highest BCUT2D eigenvalue weighted by atomic mass is 35.5. The molecule has 2 aromatic carbocycles. The van der Waals surface area contributed by atoms with Crippen LogP contribution >= 0.6 is 23.2 Å². The summed E-state index contributed by atoms with van der Waals surface area (Å²) in [4.78, 5) is 51.1. The van der Waals surface area contributed by atoms with E-state index in [2.05, 4.69) is 25.9 Å². The van der Waals surface area contributed by atoms with Crippen LogP contribution in [0.3, 0.4) is 0 Å². The summed E-state index contributed by atoms with van der Waals surface area (Å²) in [5.41, 5.74) is 3.74. The van der Waals surface area contributed by atoms with Gasteiger partial charge >= 0.3 is 5.69 Å². The Kier molecular flexibility index (Phi) is 9.00. The number of aryl methyl sites for hydroxylation is 2. The molecular formula is C33H32Cl2N8O4. The van der Waals surface area contributed by atoms with E-state index < -0.39 is 11.2 Å². The van der Waals surface area contributed by atoms with Crippen LogP contribution in [0.15, 0.2) is 58.3 Å². The molecule has 0 aliphatic carbocycles. The molecule has 3 N–H and O–H groups in total. The van der Waals surface area contributed by atoms with Crippen molar-refractivity contribution in [2.24, 2.45) is 14.1 Å². The van der Waals surface area contributed by atoms with Gasteiger partial charge in [0.25, 0.3) is 5.56 Å². The zero-order valence-electron chi connectivity index (χ0n) is 26.1. The van der Waals surface area contributed by atoms with Gasteiger partial charge < -0.3 is 20.7 Å². The Labute approximate surface area is 279 Å². The van der Waals surface area contributed by atoms with Crippen molar-refractivity contribution in [1.29, 1.82) is 0 Å². The Balaban J connectivity index is 1.31. The molecule has 6 rings (SSSR count). The third-order valence-electron chi connectivity index (χ3n) is 8.17. The fourth-order valence-electron chi connectivity index (χ4n) is 5.71. The van der Waals surface area contributed by atoms with Gasteiger partial charge in [-0.3, -0.25) is 23.7 Å². The number of halogens is 2. The van der Waals surface area contributed by atoms with E-state index in [1.807, 2.05) is 30.3 Å². The predicted octanol–water partition coefficient (Wildman–Crippen LogP) is 4.49. The van der Waals surface area contributed by atoms with Gasteiger partial charge in [-0.1, -0.05) is 53.5 Å². The first-order chi connectivity index (χ1) is 22.6.